The zero-order chi connectivity index (χ0) is 14.3. The number of fused-ring (bicyclic) bond motifs is 3. The number of rotatable bonds is 0. The van der Waals surface area contributed by atoms with Gasteiger partial charge in [0.15, 0.2) is 0 Å². The maximum atomic E-state index is 12.0. The van der Waals surface area contributed by atoms with Gasteiger partial charge in [-0.25, -0.2) is 4.79 Å². The molecule has 0 atom stereocenters. The molecule has 3 N–H and O–H groups in total. The highest BCUT2D eigenvalue weighted by Gasteiger charge is 2.24. The van der Waals surface area contributed by atoms with Gasteiger partial charge in [0.05, 0.1) is 0 Å². The van der Waals surface area contributed by atoms with Crippen molar-refractivity contribution in [3.8, 4) is 0 Å². The summed E-state index contributed by atoms with van der Waals surface area (Å²) in [5.41, 5.74) is 5.92. The van der Waals surface area contributed by atoms with Crippen LogP contribution in [0.25, 0.3) is 11.0 Å². The van der Waals surface area contributed by atoms with Crippen LogP contribution in [0.5, 0.6) is 0 Å². The number of hydrogen-bond acceptors (Lipinski definition) is 5. The molecule has 6 heteroatoms. The molecule has 1 aliphatic rings. The molecule has 2 amide bonds. The van der Waals surface area contributed by atoms with Gasteiger partial charge in [0.25, 0.3) is 11.8 Å². The average Bonchev–Trinajstić information content (AvgIpc) is 2.36. The van der Waals surface area contributed by atoms with Gasteiger partial charge in [0, 0.05) is 23.6 Å². The monoisotopic (exact) mass is 270 g/mol. The SMILES string of the molecule is NC1=CC(=O)NC(=O)c2c(c3ccccc3oc2=O)C1. The van der Waals surface area contributed by atoms with Crippen molar-refractivity contribution >= 4 is 22.8 Å². The fraction of sp³-hybridized carbons (Fsp3) is 0.0714. The first-order valence-electron chi connectivity index (χ1n) is 5.92. The van der Waals surface area contributed by atoms with Gasteiger partial charge in [0.2, 0.25) is 0 Å². The minimum Gasteiger partial charge on any atom is -0.422 e. The van der Waals surface area contributed by atoms with Gasteiger partial charge in [-0.15, -0.1) is 0 Å². The average molecular weight is 270 g/mol. The summed E-state index contributed by atoms with van der Waals surface area (Å²) < 4.78 is 5.11. The van der Waals surface area contributed by atoms with Gasteiger partial charge >= 0.3 is 5.63 Å². The summed E-state index contributed by atoms with van der Waals surface area (Å²) in [7, 11) is 0. The Morgan fingerprint density at radius 2 is 1.90 bits per heavy atom. The Morgan fingerprint density at radius 3 is 2.70 bits per heavy atom. The molecule has 6 nitrogen and oxygen atoms in total. The van der Waals surface area contributed by atoms with E-state index >= 15 is 0 Å². The smallest absolute Gasteiger partial charge is 0.349 e. The second-order valence-electron chi connectivity index (χ2n) is 4.45. The number of benzene rings is 1. The van der Waals surface area contributed by atoms with E-state index in [0.717, 1.165) is 6.08 Å². The Morgan fingerprint density at radius 1 is 1.15 bits per heavy atom. The van der Waals surface area contributed by atoms with Crippen molar-refractivity contribution in [3.63, 3.8) is 0 Å². The van der Waals surface area contributed by atoms with Crippen LogP contribution in [-0.2, 0) is 11.2 Å². The molecule has 0 bridgehead atoms. The van der Waals surface area contributed by atoms with E-state index in [9.17, 15) is 14.4 Å². The molecule has 2 aromatic rings. The van der Waals surface area contributed by atoms with Crippen LogP contribution in [0, 0.1) is 0 Å². The number of imide groups is 1. The van der Waals surface area contributed by atoms with Crippen molar-refractivity contribution in [3.05, 3.63) is 57.6 Å². The highest BCUT2D eigenvalue weighted by atomic mass is 16.4. The highest BCUT2D eigenvalue weighted by Crippen LogP contribution is 2.22. The van der Waals surface area contributed by atoms with Crippen LogP contribution >= 0.6 is 0 Å². The lowest BCUT2D eigenvalue weighted by molar-refractivity contribution is -0.115. The molecule has 3 rings (SSSR count). The summed E-state index contributed by atoms with van der Waals surface area (Å²) >= 11 is 0. The van der Waals surface area contributed by atoms with E-state index in [2.05, 4.69) is 5.32 Å². The lowest BCUT2D eigenvalue weighted by Gasteiger charge is -2.13. The zero-order valence-corrected chi connectivity index (χ0v) is 10.3. The molecule has 1 aromatic carbocycles. The normalized spacial score (nSPS) is 15.1. The summed E-state index contributed by atoms with van der Waals surface area (Å²) in [6, 6.07) is 6.87. The molecule has 0 unspecified atom stereocenters. The number of para-hydroxylation sites is 1. The van der Waals surface area contributed by atoms with Gasteiger partial charge in [0.1, 0.15) is 11.1 Å². The molecule has 100 valence electrons. The summed E-state index contributed by atoms with van der Waals surface area (Å²) in [6.45, 7) is 0. The molecule has 20 heavy (non-hydrogen) atoms. The van der Waals surface area contributed by atoms with Crippen LogP contribution in [-0.4, -0.2) is 11.8 Å². The summed E-state index contributed by atoms with van der Waals surface area (Å²) in [5, 5.41) is 2.71. The van der Waals surface area contributed by atoms with E-state index in [1.54, 1.807) is 24.3 Å². The van der Waals surface area contributed by atoms with Crippen molar-refractivity contribution in [1.82, 2.24) is 5.32 Å². The number of allylic oxidation sites excluding steroid dienone is 1. The zero-order valence-electron chi connectivity index (χ0n) is 10.3. The number of amides is 2. The van der Waals surface area contributed by atoms with Gasteiger partial charge in [-0.05, 0) is 11.6 Å². The van der Waals surface area contributed by atoms with E-state index in [-0.39, 0.29) is 17.7 Å². The largest absolute Gasteiger partial charge is 0.422 e. The first-order valence-corrected chi connectivity index (χ1v) is 5.92. The molecule has 1 aromatic heterocycles. The lowest BCUT2D eigenvalue weighted by atomic mass is 9.98. The maximum Gasteiger partial charge on any atom is 0.349 e. The van der Waals surface area contributed by atoms with Crippen LogP contribution in [0.15, 0.2) is 45.3 Å². The molecule has 1 aliphatic heterocycles. The molecule has 0 saturated heterocycles. The van der Waals surface area contributed by atoms with E-state index in [1.165, 1.54) is 0 Å². The van der Waals surface area contributed by atoms with Gasteiger partial charge in [-0.3, -0.25) is 14.9 Å². The van der Waals surface area contributed by atoms with Crippen molar-refractivity contribution < 1.29 is 14.0 Å². The van der Waals surface area contributed by atoms with E-state index < -0.39 is 17.4 Å². The molecular weight excluding hydrogens is 260 g/mol. The Kier molecular flexibility index (Phi) is 2.64. The fourth-order valence-electron chi connectivity index (χ4n) is 2.26. The predicted molar refractivity (Wildman–Crippen MR) is 70.9 cm³/mol. The minimum absolute atomic E-state index is 0.139. The van der Waals surface area contributed by atoms with Gasteiger partial charge in [-0.2, -0.15) is 0 Å². The minimum atomic E-state index is -0.779. The van der Waals surface area contributed by atoms with Gasteiger partial charge < -0.3 is 10.2 Å². The second-order valence-corrected chi connectivity index (χ2v) is 4.45. The topological polar surface area (TPSA) is 102 Å². The lowest BCUT2D eigenvalue weighted by Crippen LogP contribution is -2.36. The van der Waals surface area contributed by atoms with E-state index in [1.807, 2.05) is 0 Å². The molecule has 2 heterocycles. The van der Waals surface area contributed by atoms with Crippen molar-refractivity contribution in [2.24, 2.45) is 5.73 Å². The third-order valence-corrected chi connectivity index (χ3v) is 3.08. The van der Waals surface area contributed by atoms with Crippen molar-refractivity contribution in [2.45, 2.75) is 6.42 Å². The van der Waals surface area contributed by atoms with Crippen LogP contribution < -0.4 is 16.7 Å². The van der Waals surface area contributed by atoms with Crippen LogP contribution in [0.1, 0.15) is 15.9 Å². The quantitative estimate of drug-likeness (QED) is 0.534. The fourth-order valence-corrected chi connectivity index (χ4v) is 2.26. The molecule has 0 fully saturated rings. The Balaban J connectivity index is 2.39. The third kappa shape index (κ3) is 1.87. The van der Waals surface area contributed by atoms with Crippen LogP contribution in [0.4, 0.5) is 0 Å². The van der Waals surface area contributed by atoms with E-state index in [4.69, 9.17) is 10.2 Å². The maximum absolute atomic E-state index is 12.0. The Labute approximate surface area is 112 Å². The first kappa shape index (κ1) is 12.2. The molecular formula is C14H10N2O4. The summed E-state index contributed by atoms with van der Waals surface area (Å²) in [4.78, 5) is 35.4. The van der Waals surface area contributed by atoms with Crippen LogP contribution in [0.3, 0.4) is 0 Å². The van der Waals surface area contributed by atoms with Gasteiger partial charge in [-0.1, -0.05) is 18.2 Å². The molecule has 0 radical (unpaired) electrons. The third-order valence-electron chi connectivity index (χ3n) is 3.08. The summed E-state index contributed by atoms with van der Waals surface area (Å²) in [5.74, 6) is -1.42. The molecule has 0 spiro atoms. The highest BCUT2D eigenvalue weighted by molar-refractivity contribution is 6.10. The Hall–Kier alpha value is -2.89. The number of nitrogens with one attached hydrogen (secondary N) is 1. The molecule has 0 aliphatic carbocycles. The number of nitrogens with two attached hydrogens (primary N) is 1. The molecule has 0 saturated carbocycles. The standard InChI is InChI=1S/C14H10N2O4/c15-7-5-9-8-3-1-2-4-10(8)20-14(19)12(9)13(18)16-11(17)6-7/h1-4,6H,5,15H2,(H,16,17,18). The number of hydrogen-bond donors (Lipinski definition) is 2. The second kappa shape index (κ2) is 4.34. The Bertz CT molecular complexity index is 833. The van der Waals surface area contributed by atoms with Crippen LogP contribution in [0.2, 0.25) is 0 Å². The number of carbonyl (C=O) groups excluding carboxylic acids is 2. The summed E-state index contributed by atoms with van der Waals surface area (Å²) in [6.07, 6.45) is 1.28. The first-order chi connectivity index (χ1) is 9.56. The number of carbonyl (C=O) groups is 2. The van der Waals surface area contributed by atoms with Crippen molar-refractivity contribution in [2.75, 3.05) is 0 Å². The van der Waals surface area contributed by atoms with E-state index in [0.29, 0.717) is 16.5 Å². The van der Waals surface area contributed by atoms with Crippen molar-refractivity contribution in [1.29, 1.82) is 0 Å². The predicted octanol–water partition coefficient (Wildman–Crippen LogP) is 0.448.